The minimum atomic E-state index is -1.04. The highest BCUT2D eigenvalue weighted by atomic mass is 16.3. The van der Waals surface area contributed by atoms with Gasteiger partial charge in [0.2, 0.25) is 11.8 Å². The van der Waals surface area contributed by atoms with E-state index in [9.17, 15) is 14.7 Å². The number of likely N-dealkylation sites (tertiary alicyclic amines) is 1. The first kappa shape index (κ1) is 16.6. The molecule has 1 heterocycles. The van der Waals surface area contributed by atoms with Crippen molar-refractivity contribution in [2.45, 2.75) is 56.7 Å². The smallest absolute Gasteiger partial charge is 0.226 e. The Kier molecular flexibility index (Phi) is 4.07. The molecule has 0 radical (unpaired) electrons. The Morgan fingerprint density at radius 2 is 1.76 bits per heavy atom. The van der Waals surface area contributed by atoms with E-state index in [0.717, 1.165) is 31.2 Å². The molecule has 25 heavy (non-hydrogen) atoms. The van der Waals surface area contributed by atoms with Crippen molar-refractivity contribution in [2.75, 3.05) is 6.54 Å². The summed E-state index contributed by atoms with van der Waals surface area (Å²) in [5.74, 6) is 0.359. The number of carbonyl (C=O) groups is 2. The van der Waals surface area contributed by atoms with E-state index in [2.05, 4.69) is 5.32 Å². The molecule has 3 aliphatic rings. The summed E-state index contributed by atoms with van der Waals surface area (Å²) in [6.45, 7) is 2.30. The van der Waals surface area contributed by atoms with Crippen LogP contribution in [0, 0.1) is 11.8 Å². The van der Waals surface area contributed by atoms with Gasteiger partial charge in [-0.3, -0.25) is 9.59 Å². The first-order valence-electron chi connectivity index (χ1n) is 9.35. The Labute approximate surface area is 148 Å². The molecule has 0 bridgehead atoms. The maximum Gasteiger partial charge on any atom is 0.226 e. The highest BCUT2D eigenvalue weighted by Gasteiger charge is 2.50. The summed E-state index contributed by atoms with van der Waals surface area (Å²) in [5.41, 5.74) is -0.0663. The summed E-state index contributed by atoms with van der Waals surface area (Å²) < 4.78 is 0. The van der Waals surface area contributed by atoms with E-state index in [1.807, 2.05) is 35.2 Å². The number of hydrogen-bond donors (Lipinski definition) is 2. The second-order valence-corrected chi connectivity index (χ2v) is 8.03. The molecule has 2 saturated carbocycles. The Bertz CT molecular complexity index is 665. The molecule has 1 aromatic carbocycles. The van der Waals surface area contributed by atoms with Crippen LogP contribution in [0.4, 0.5) is 0 Å². The average molecular weight is 342 g/mol. The van der Waals surface area contributed by atoms with Crippen molar-refractivity contribution in [3.63, 3.8) is 0 Å². The van der Waals surface area contributed by atoms with Crippen LogP contribution in [-0.4, -0.2) is 40.0 Å². The van der Waals surface area contributed by atoms with Crippen LogP contribution in [0.15, 0.2) is 30.3 Å². The number of benzene rings is 1. The van der Waals surface area contributed by atoms with Crippen LogP contribution in [0.25, 0.3) is 0 Å². The van der Waals surface area contributed by atoms with Crippen molar-refractivity contribution in [3.8, 4) is 0 Å². The highest BCUT2D eigenvalue weighted by Crippen LogP contribution is 2.41. The Morgan fingerprint density at radius 3 is 2.36 bits per heavy atom. The summed E-state index contributed by atoms with van der Waals surface area (Å²) >= 11 is 0. The lowest BCUT2D eigenvalue weighted by molar-refractivity contribution is -0.147. The number of nitrogens with zero attached hydrogens (tertiary/aromatic N) is 1. The van der Waals surface area contributed by atoms with Gasteiger partial charge in [0, 0.05) is 18.4 Å². The van der Waals surface area contributed by atoms with Crippen molar-refractivity contribution in [2.24, 2.45) is 11.8 Å². The average Bonchev–Trinajstić information content (AvgIpc) is 3.49. The molecule has 0 unspecified atom stereocenters. The molecule has 0 spiro atoms. The third-order valence-electron chi connectivity index (χ3n) is 5.78. The van der Waals surface area contributed by atoms with Crippen LogP contribution < -0.4 is 5.32 Å². The van der Waals surface area contributed by atoms with Crippen LogP contribution in [0.5, 0.6) is 0 Å². The van der Waals surface area contributed by atoms with Crippen LogP contribution in [-0.2, 0) is 9.59 Å². The quantitative estimate of drug-likeness (QED) is 0.879. The van der Waals surface area contributed by atoms with Gasteiger partial charge in [0.25, 0.3) is 0 Å². The topological polar surface area (TPSA) is 69.6 Å². The van der Waals surface area contributed by atoms with E-state index in [1.165, 1.54) is 0 Å². The third-order valence-corrected chi connectivity index (χ3v) is 5.78. The fourth-order valence-corrected chi connectivity index (χ4v) is 3.85. The number of aliphatic hydroxyl groups is 1. The number of nitrogens with one attached hydrogen (secondary N) is 1. The Balaban J connectivity index is 1.68. The van der Waals surface area contributed by atoms with Crippen LogP contribution in [0.1, 0.15) is 50.6 Å². The fourth-order valence-electron chi connectivity index (χ4n) is 3.85. The summed E-state index contributed by atoms with van der Waals surface area (Å²) in [5, 5.41) is 14.1. The van der Waals surface area contributed by atoms with Crippen molar-refractivity contribution in [3.05, 3.63) is 35.9 Å². The van der Waals surface area contributed by atoms with Crippen LogP contribution in [0.2, 0.25) is 0 Å². The van der Waals surface area contributed by atoms with E-state index in [1.54, 1.807) is 6.92 Å². The zero-order chi connectivity index (χ0) is 17.6. The SMILES string of the molecule is C[C@@]1(O)CCN(C(=O)C2CC2)[C@@H](c2ccccc2)[C@@H]1NC(=O)C1CC1. The van der Waals surface area contributed by atoms with E-state index >= 15 is 0 Å². The molecule has 0 aromatic heterocycles. The van der Waals surface area contributed by atoms with Gasteiger partial charge in [0.15, 0.2) is 0 Å². The van der Waals surface area contributed by atoms with Gasteiger partial charge >= 0.3 is 0 Å². The van der Waals surface area contributed by atoms with Gasteiger partial charge in [0.1, 0.15) is 0 Å². The molecule has 3 fully saturated rings. The minimum absolute atomic E-state index is 0.00641. The molecule has 3 atom stereocenters. The predicted molar refractivity (Wildman–Crippen MR) is 93.5 cm³/mol. The summed E-state index contributed by atoms with van der Waals surface area (Å²) in [6, 6.07) is 8.98. The summed E-state index contributed by atoms with van der Waals surface area (Å²) in [4.78, 5) is 27.2. The van der Waals surface area contributed by atoms with Gasteiger partial charge in [-0.2, -0.15) is 0 Å². The number of piperidine rings is 1. The third kappa shape index (κ3) is 3.30. The highest BCUT2D eigenvalue weighted by molar-refractivity contribution is 5.83. The van der Waals surface area contributed by atoms with Crippen molar-refractivity contribution in [1.29, 1.82) is 0 Å². The molecule has 134 valence electrons. The predicted octanol–water partition coefficient (Wildman–Crippen LogP) is 2.02. The molecular weight excluding hydrogens is 316 g/mol. The van der Waals surface area contributed by atoms with Gasteiger partial charge in [0.05, 0.1) is 17.7 Å². The first-order valence-corrected chi connectivity index (χ1v) is 9.35. The molecule has 4 rings (SSSR count). The standard InChI is InChI=1S/C20H26N2O3/c1-20(25)11-12-22(19(24)15-9-10-15)16(13-5-3-2-4-6-13)17(20)21-18(23)14-7-8-14/h2-6,14-17,25H,7-12H2,1H3,(H,21,23)/t16-,17-,20+/m0/s1. The molecule has 5 heteroatoms. The maximum atomic E-state index is 12.9. The normalized spacial score (nSPS) is 32.3. The van der Waals surface area contributed by atoms with E-state index in [0.29, 0.717) is 13.0 Å². The molecule has 1 saturated heterocycles. The van der Waals surface area contributed by atoms with Gasteiger partial charge < -0.3 is 15.3 Å². The number of amides is 2. The lowest BCUT2D eigenvalue weighted by Crippen LogP contribution is -2.63. The van der Waals surface area contributed by atoms with E-state index in [-0.39, 0.29) is 29.7 Å². The first-order chi connectivity index (χ1) is 12.0. The second-order valence-electron chi connectivity index (χ2n) is 8.03. The van der Waals surface area contributed by atoms with Gasteiger partial charge in [-0.25, -0.2) is 0 Å². The lowest BCUT2D eigenvalue weighted by Gasteiger charge is -2.49. The van der Waals surface area contributed by atoms with Crippen molar-refractivity contribution < 1.29 is 14.7 Å². The molecule has 2 aliphatic carbocycles. The van der Waals surface area contributed by atoms with E-state index < -0.39 is 11.6 Å². The molecule has 2 amide bonds. The maximum absolute atomic E-state index is 12.9. The monoisotopic (exact) mass is 342 g/mol. The summed E-state index contributed by atoms with van der Waals surface area (Å²) in [6.07, 6.45) is 4.21. The minimum Gasteiger partial charge on any atom is -0.388 e. The molecule has 5 nitrogen and oxygen atoms in total. The number of rotatable bonds is 4. The Morgan fingerprint density at radius 1 is 1.12 bits per heavy atom. The number of carbonyl (C=O) groups excluding carboxylic acids is 2. The number of hydrogen-bond acceptors (Lipinski definition) is 3. The molecule has 2 N–H and O–H groups in total. The van der Waals surface area contributed by atoms with Gasteiger partial charge in [-0.15, -0.1) is 0 Å². The van der Waals surface area contributed by atoms with Crippen molar-refractivity contribution >= 4 is 11.8 Å². The van der Waals surface area contributed by atoms with Crippen molar-refractivity contribution in [1.82, 2.24) is 10.2 Å². The van der Waals surface area contributed by atoms with Gasteiger partial charge in [-0.1, -0.05) is 30.3 Å². The van der Waals surface area contributed by atoms with E-state index in [4.69, 9.17) is 0 Å². The molecular formula is C20H26N2O3. The van der Waals surface area contributed by atoms with Crippen LogP contribution in [0.3, 0.4) is 0 Å². The van der Waals surface area contributed by atoms with Gasteiger partial charge in [-0.05, 0) is 44.6 Å². The Hall–Kier alpha value is -1.88. The summed E-state index contributed by atoms with van der Waals surface area (Å²) in [7, 11) is 0. The second kappa shape index (κ2) is 6.13. The molecule has 1 aliphatic heterocycles. The van der Waals surface area contributed by atoms with Crippen LogP contribution >= 0.6 is 0 Å². The largest absolute Gasteiger partial charge is 0.388 e. The fraction of sp³-hybridized carbons (Fsp3) is 0.600. The zero-order valence-corrected chi connectivity index (χ0v) is 14.6. The zero-order valence-electron chi connectivity index (χ0n) is 14.6. The lowest BCUT2D eigenvalue weighted by atomic mass is 9.79. The molecule has 1 aromatic rings.